The van der Waals surface area contributed by atoms with Crippen LogP contribution in [0.2, 0.25) is 0 Å². The first-order valence-corrected chi connectivity index (χ1v) is 8.46. The lowest BCUT2D eigenvalue weighted by atomic mass is 9.94. The minimum Gasteiger partial charge on any atom is -0.349 e. The minimum absolute atomic E-state index is 0.0457. The highest BCUT2D eigenvalue weighted by Gasteiger charge is 2.38. The minimum atomic E-state index is -0.0457. The Labute approximate surface area is 128 Å². The van der Waals surface area contributed by atoms with Crippen molar-refractivity contribution in [3.8, 4) is 0 Å². The van der Waals surface area contributed by atoms with Crippen LogP contribution in [0.5, 0.6) is 0 Å². The van der Waals surface area contributed by atoms with Gasteiger partial charge in [0.2, 0.25) is 0 Å². The van der Waals surface area contributed by atoms with Crippen LogP contribution in [-0.2, 0) is 0 Å². The molecule has 2 heterocycles. The van der Waals surface area contributed by atoms with Gasteiger partial charge in [-0.25, -0.2) is 0 Å². The van der Waals surface area contributed by atoms with E-state index in [1.165, 1.54) is 30.8 Å². The standard InChI is InChI=1S/C16H19N3OS/c20-16(15-12-5-1-2-7-14(12)21-19-15)18-9-13-11-6-3-4-10(11)8-17-13/h1-2,5,7,10-11,13,17H,3-4,6,8-9H2,(H,18,20)/t10-,11-,13+/m0/s1. The number of rotatable bonds is 3. The fourth-order valence-electron chi connectivity index (χ4n) is 3.86. The second-order valence-electron chi connectivity index (χ2n) is 6.11. The average molecular weight is 301 g/mol. The maximum absolute atomic E-state index is 12.4. The van der Waals surface area contributed by atoms with Crippen molar-refractivity contribution in [1.29, 1.82) is 0 Å². The largest absolute Gasteiger partial charge is 0.349 e. The third kappa shape index (κ3) is 2.34. The first kappa shape index (κ1) is 13.2. The molecule has 5 heteroatoms. The summed E-state index contributed by atoms with van der Waals surface area (Å²) >= 11 is 1.39. The quantitative estimate of drug-likeness (QED) is 0.915. The molecule has 1 aromatic heterocycles. The Hall–Kier alpha value is -1.46. The highest BCUT2D eigenvalue weighted by Crippen LogP contribution is 2.37. The fourth-order valence-corrected chi connectivity index (χ4v) is 4.64. The van der Waals surface area contributed by atoms with Crippen molar-refractivity contribution >= 4 is 27.5 Å². The second kappa shape index (κ2) is 5.39. The van der Waals surface area contributed by atoms with E-state index in [2.05, 4.69) is 15.0 Å². The lowest BCUT2D eigenvalue weighted by molar-refractivity contribution is 0.0945. The summed E-state index contributed by atoms with van der Waals surface area (Å²) in [4.78, 5) is 12.4. The number of hydrogen-bond acceptors (Lipinski definition) is 4. The van der Waals surface area contributed by atoms with Crippen LogP contribution in [0, 0.1) is 11.8 Å². The van der Waals surface area contributed by atoms with Crippen molar-refractivity contribution in [3.63, 3.8) is 0 Å². The van der Waals surface area contributed by atoms with Gasteiger partial charge in [-0.2, -0.15) is 4.37 Å². The average Bonchev–Trinajstić information content (AvgIpc) is 3.20. The summed E-state index contributed by atoms with van der Waals surface area (Å²) in [6, 6.07) is 8.34. The summed E-state index contributed by atoms with van der Waals surface area (Å²) in [6.45, 7) is 1.83. The molecule has 4 nitrogen and oxygen atoms in total. The Morgan fingerprint density at radius 1 is 1.38 bits per heavy atom. The van der Waals surface area contributed by atoms with Crippen LogP contribution in [0.1, 0.15) is 29.8 Å². The molecule has 1 saturated heterocycles. The third-order valence-electron chi connectivity index (χ3n) is 4.95. The fraction of sp³-hybridized carbons (Fsp3) is 0.500. The molecule has 1 aliphatic heterocycles. The molecule has 4 rings (SSSR count). The normalized spacial score (nSPS) is 27.9. The lowest BCUT2D eigenvalue weighted by Gasteiger charge is -2.18. The van der Waals surface area contributed by atoms with E-state index in [1.807, 2.05) is 24.3 Å². The Morgan fingerprint density at radius 2 is 2.29 bits per heavy atom. The maximum Gasteiger partial charge on any atom is 0.271 e. The maximum atomic E-state index is 12.4. The number of carbonyl (C=O) groups is 1. The number of carbonyl (C=O) groups excluding carboxylic acids is 1. The molecular formula is C16H19N3OS. The van der Waals surface area contributed by atoms with Gasteiger partial charge in [0, 0.05) is 18.0 Å². The van der Waals surface area contributed by atoms with Crippen molar-refractivity contribution in [1.82, 2.24) is 15.0 Å². The van der Waals surface area contributed by atoms with Gasteiger partial charge in [0.05, 0.1) is 4.70 Å². The predicted octanol–water partition coefficient (Wildman–Crippen LogP) is 2.41. The molecule has 1 aliphatic carbocycles. The van der Waals surface area contributed by atoms with E-state index in [-0.39, 0.29) is 5.91 Å². The third-order valence-corrected chi connectivity index (χ3v) is 5.78. The summed E-state index contributed by atoms with van der Waals surface area (Å²) in [5.41, 5.74) is 0.566. The Kier molecular flexibility index (Phi) is 3.39. The Balaban J connectivity index is 1.44. The topological polar surface area (TPSA) is 54.0 Å². The number of amides is 1. The van der Waals surface area contributed by atoms with Gasteiger partial charge < -0.3 is 10.6 Å². The molecule has 2 N–H and O–H groups in total. The molecule has 2 fully saturated rings. The highest BCUT2D eigenvalue weighted by atomic mass is 32.1. The van der Waals surface area contributed by atoms with E-state index < -0.39 is 0 Å². The van der Waals surface area contributed by atoms with Crippen molar-refractivity contribution in [2.24, 2.45) is 11.8 Å². The number of benzene rings is 1. The van der Waals surface area contributed by atoms with Crippen molar-refractivity contribution in [2.75, 3.05) is 13.1 Å². The van der Waals surface area contributed by atoms with Gasteiger partial charge >= 0.3 is 0 Å². The molecule has 1 saturated carbocycles. The van der Waals surface area contributed by atoms with Gasteiger partial charge in [0.15, 0.2) is 0 Å². The number of nitrogens with one attached hydrogen (secondary N) is 2. The molecule has 0 spiro atoms. The van der Waals surface area contributed by atoms with Crippen molar-refractivity contribution < 1.29 is 4.79 Å². The van der Waals surface area contributed by atoms with Gasteiger partial charge in [0.1, 0.15) is 5.69 Å². The molecule has 0 radical (unpaired) electrons. The molecule has 0 bridgehead atoms. The molecule has 2 aromatic rings. The second-order valence-corrected chi connectivity index (χ2v) is 6.91. The monoisotopic (exact) mass is 301 g/mol. The van der Waals surface area contributed by atoms with Gasteiger partial charge in [-0.1, -0.05) is 24.6 Å². The van der Waals surface area contributed by atoms with E-state index in [9.17, 15) is 4.79 Å². The summed E-state index contributed by atoms with van der Waals surface area (Å²) in [7, 11) is 0. The van der Waals surface area contributed by atoms with Crippen LogP contribution < -0.4 is 10.6 Å². The van der Waals surface area contributed by atoms with Crippen LogP contribution in [0.4, 0.5) is 0 Å². The molecule has 110 valence electrons. The molecule has 1 aromatic carbocycles. The molecule has 1 amide bonds. The number of fused-ring (bicyclic) bond motifs is 2. The Morgan fingerprint density at radius 3 is 3.24 bits per heavy atom. The van der Waals surface area contributed by atoms with Crippen LogP contribution in [0.15, 0.2) is 24.3 Å². The summed E-state index contributed by atoms with van der Waals surface area (Å²) in [6.07, 6.45) is 3.99. The Bertz CT molecular complexity index is 668. The predicted molar refractivity (Wildman–Crippen MR) is 84.6 cm³/mol. The van der Waals surface area contributed by atoms with Gasteiger partial charge in [0.25, 0.3) is 5.91 Å². The first-order chi connectivity index (χ1) is 10.3. The summed E-state index contributed by atoms with van der Waals surface area (Å²) < 4.78 is 5.38. The highest BCUT2D eigenvalue weighted by molar-refractivity contribution is 7.13. The summed E-state index contributed by atoms with van der Waals surface area (Å²) in [5, 5.41) is 7.60. The van der Waals surface area contributed by atoms with Gasteiger partial charge in [-0.15, -0.1) is 0 Å². The molecule has 21 heavy (non-hydrogen) atoms. The van der Waals surface area contributed by atoms with E-state index in [4.69, 9.17) is 0 Å². The smallest absolute Gasteiger partial charge is 0.271 e. The molecule has 2 aliphatic rings. The molecular weight excluding hydrogens is 282 g/mol. The van der Waals surface area contributed by atoms with Gasteiger partial charge in [-0.05, 0) is 48.8 Å². The first-order valence-electron chi connectivity index (χ1n) is 7.69. The van der Waals surface area contributed by atoms with Crippen LogP contribution >= 0.6 is 11.5 Å². The van der Waals surface area contributed by atoms with Crippen LogP contribution in [0.3, 0.4) is 0 Å². The SMILES string of the molecule is O=C(NC[C@H]1NC[C@@H]2CCC[C@@H]21)c1nsc2ccccc12. The number of aromatic nitrogens is 1. The summed E-state index contributed by atoms with van der Waals surface area (Å²) in [5.74, 6) is 1.53. The molecule has 3 atom stereocenters. The number of hydrogen-bond donors (Lipinski definition) is 2. The zero-order chi connectivity index (χ0) is 14.2. The zero-order valence-corrected chi connectivity index (χ0v) is 12.7. The van der Waals surface area contributed by atoms with Crippen molar-refractivity contribution in [2.45, 2.75) is 25.3 Å². The van der Waals surface area contributed by atoms with Crippen LogP contribution in [0.25, 0.3) is 10.1 Å². The van der Waals surface area contributed by atoms with Gasteiger partial charge in [-0.3, -0.25) is 4.79 Å². The van der Waals surface area contributed by atoms with E-state index in [1.54, 1.807) is 0 Å². The number of nitrogens with zero attached hydrogens (tertiary/aromatic N) is 1. The van der Waals surface area contributed by atoms with E-state index >= 15 is 0 Å². The van der Waals surface area contributed by atoms with E-state index in [0.29, 0.717) is 18.3 Å². The van der Waals surface area contributed by atoms with Crippen LogP contribution in [-0.4, -0.2) is 29.4 Å². The van der Waals surface area contributed by atoms with Crippen molar-refractivity contribution in [3.05, 3.63) is 30.0 Å². The molecule has 0 unspecified atom stereocenters. The van der Waals surface area contributed by atoms with E-state index in [0.717, 1.165) is 28.5 Å². The zero-order valence-electron chi connectivity index (χ0n) is 11.8. The lowest BCUT2D eigenvalue weighted by Crippen LogP contribution is -2.40.